The van der Waals surface area contributed by atoms with Crippen LogP contribution in [0.2, 0.25) is 0 Å². The fourth-order valence-corrected chi connectivity index (χ4v) is 1.41. The van der Waals surface area contributed by atoms with Crippen molar-refractivity contribution < 1.29 is 9.53 Å². The highest BCUT2D eigenvalue weighted by Gasteiger charge is 2.22. The summed E-state index contributed by atoms with van der Waals surface area (Å²) in [6, 6.07) is 0. The first-order valence-corrected chi connectivity index (χ1v) is 5.46. The van der Waals surface area contributed by atoms with Crippen molar-refractivity contribution >= 4 is 5.97 Å². The van der Waals surface area contributed by atoms with Crippen molar-refractivity contribution in [2.75, 3.05) is 6.61 Å². The Morgan fingerprint density at radius 3 is 2.50 bits per heavy atom. The molecule has 0 aromatic heterocycles. The van der Waals surface area contributed by atoms with Gasteiger partial charge in [0.2, 0.25) is 0 Å². The fourth-order valence-electron chi connectivity index (χ4n) is 1.41. The molecule has 0 aromatic rings. The van der Waals surface area contributed by atoms with Crippen LogP contribution in [0.3, 0.4) is 0 Å². The third-order valence-corrected chi connectivity index (χ3v) is 2.20. The van der Waals surface area contributed by atoms with Crippen LogP contribution in [0, 0.1) is 0 Å². The number of carbonyl (C=O) groups excluding carboxylic acids is 1. The number of carbonyl (C=O) groups is 1. The molecule has 3 heteroatoms. The minimum absolute atomic E-state index is 0.186. The lowest BCUT2D eigenvalue weighted by atomic mass is 9.92. The molecule has 14 heavy (non-hydrogen) atoms. The number of rotatable bonds is 7. The highest BCUT2D eigenvalue weighted by atomic mass is 16.5. The Balaban J connectivity index is 3.75. The lowest BCUT2D eigenvalue weighted by Crippen LogP contribution is -2.38. The normalized spacial score (nSPS) is 14.9. The molecule has 0 aliphatic carbocycles. The average molecular weight is 201 g/mol. The molecule has 0 saturated heterocycles. The third-order valence-electron chi connectivity index (χ3n) is 2.20. The quantitative estimate of drug-likeness (QED) is 0.507. The molecule has 0 rings (SSSR count). The molecule has 0 radical (unpaired) electrons. The lowest BCUT2D eigenvalue weighted by molar-refractivity contribution is -0.144. The first kappa shape index (κ1) is 13.4. The average Bonchev–Trinajstić information content (AvgIpc) is 2.03. The zero-order valence-electron chi connectivity index (χ0n) is 9.64. The highest BCUT2D eigenvalue weighted by Crippen LogP contribution is 2.16. The van der Waals surface area contributed by atoms with Gasteiger partial charge in [-0.2, -0.15) is 0 Å². The first-order chi connectivity index (χ1) is 6.52. The maximum atomic E-state index is 11.2. The Labute approximate surface area is 87.0 Å². The lowest BCUT2D eigenvalue weighted by Gasteiger charge is -2.23. The summed E-state index contributed by atoms with van der Waals surface area (Å²) in [6.45, 7) is 6.31. The predicted molar refractivity (Wildman–Crippen MR) is 58.0 cm³/mol. The van der Waals surface area contributed by atoms with Crippen LogP contribution in [-0.2, 0) is 9.53 Å². The molecule has 0 aliphatic heterocycles. The third kappa shape index (κ3) is 6.89. The van der Waals surface area contributed by atoms with Crippen molar-refractivity contribution in [2.45, 2.75) is 58.4 Å². The van der Waals surface area contributed by atoms with E-state index >= 15 is 0 Å². The second-order valence-electron chi connectivity index (χ2n) is 4.09. The van der Waals surface area contributed by atoms with Crippen molar-refractivity contribution in [3.05, 3.63) is 0 Å². The van der Waals surface area contributed by atoms with E-state index in [0.717, 1.165) is 12.8 Å². The summed E-state index contributed by atoms with van der Waals surface area (Å²) in [6.07, 6.45) is 4.65. The number of ether oxygens (including phenoxy) is 1. The monoisotopic (exact) mass is 201 g/mol. The van der Waals surface area contributed by atoms with Crippen LogP contribution >= 0.6 is 0 Å². The Kier molecular flexibility index (Phi) is 6.54. The predicted octanol–water partition coefficient (Wildman–Crippen LogP) is 2.24. The molecule has 0 aromatic carbocycles. The summed E-state index contributed by atoms with van der Waals surface area (Å²) in [5, 5.41) is 0. The van der Waals surface area contributed by atoms with Gasteiger partial charge in [0.1, 0.15) is 0 Å². The van der Waals surface area contributed by atoms with Gasteiger partial charge in [-0.05, 0) is 20.3 Å². The van der Waals surface area contributed by atoms with Gasteiger partial charge in [-0.1, -0.05) is 26.2 Å². The molecule has 84 valence electrons. The first-order valence-electron chi connectivity index (χ1n) is 5.46. The van der Waals surface area contributed by atoms with Gasteiger partial charge < -0.3 is 10.5 Å². The number of hydrogen-bond acceptors (Lipinski definition) is 3. The molecule has 0 fully saturated rings. The van der Waals surface area contributed by atoms with E-state index in [9.17, 15) is 4.79 Å². The van der Waals surface area contributed by atoms with Gasteiger partial charge in [-0.3, -0.25) is 4.79 Å². The second-order valence-corrected chi connectivity index (χ2v) is 4.09. The standard InChI is InChI=1S/C11H23NO2/c1-4-6-7-8-11(3,12)9-10(13)14-5-2/h4-9,12H2,1-3H3. The topological polar surface area (TPSA) is 52.3 Å². The van der Waals surface area contributed by atoms with Crippen molar-refractivity contribution in [3.63, 3.8) is 0 Å². The van der Waals surface area contributed by atoms with E-state index < -0.39 is 5.54 Å². The zero-order chi connectivity index (χ0) is 11.0. The highest BCUT2D eigenvalue weighted by molar-refractivity contribution is 5.70. The van der Waals surface area contributed by atoms with E-state index in [4.69, 9.17) is 10.5 Å². The molecular formula is C11H23NO2. The molecule has 0 spiro atoms. The largest absolute Gasteiger partial charge is 0.466 e. The van der Waals surface area contributed by atoms with Crippen LogP contribution in [0.25, 0.3) is 0 Å². The van der Waals surface area contributed by atoms with Gasteiger partial charge in [0.25, 0.3) is 0 Å². The summed E-state index contributed by atoms with van der Waals surface area (Å²) in [5.74, 6) is -0.186. The summed E-state index contributed by atoms with van der Waals surface area (Å²) in [5.41, 5.74) is 5.59. The molecule has 0 bridgehead atoms. The van der Waals surface area contributed by atoms with E-state index in [1.54, 1.807) is 0 Å². The van der Waals surface area contributed by atoms with Crippen LogP contribution in [-0.4, -0.2) is 18.1 Å². The van der Waals surface area contributed by atoms with Gasteiger partial charge in [0.05, 0.1) is 13.0 Å². The Hall–Kier alpha value is -0.570. The number of nitrogens with two attached hydrogens (primary N) is 1. The Morgan fingerprint density at radius 1 is 1.36 bits per heavy atom. The maximum Gasteiger partial charge on any atom is 0.307 e. The van der Waals surface area contributed by atoms with Crippen molar-refractivity contribution in [1.29, 1.82) is 0 Å². The van der Waals surface area contributed by atoms with E-state index in [0.29, 0.717) is 13.0 Å². The second kappa shape index (κ2) is 6.82. The Bertz CT molecular complexity index is 167. The van der Waals surface area contributed by atoms with Crippen LogP contribution in [0.15, 0.2) is 0 Å². The van der Waals surface area contributed by atoms with Gasteiger partial charge in [-0.25, -0.2) is 0 Å². The molecule has 0 heterocycles. The molecule has 0 amide bonds. The minimum atomic E-state index is -0.401. The molecular weight excluding hydrogens is 178 g/mol. The van der Waals surface area contributed by atoms with Crippen molar-refractivity contribution in [2.24, 2.45) is 5.73 Å². The molecule has 1 atom stereocenters. The Morgan fingerprint density at radius 2 is 2.00 bits per heavy atom. The summed E-state index contributed by atoms with van der Waals surface area (Å²) in [7, 11) is 0. The van der Waals surface area contributed by atoms with E-state index in [-0.39, 0.29) is 5.97 Å². The summed E-state index contributed by atoms with van der Waals surface area (Å²) >= 11 is 0. The van der Waals surface area contributed by atoms with Crippen molar-refractivity contribution in [3.8, 4) is 0 Å². The smallest absolute Gasteiger partial charge is 0.307 e. The van der Waals surface area contributed by atoms with E-state index in [2.05, 4.69) is 6.92 Å². The van der Waals surface area contributed by atoms with Crippen LogP contribution < -0.4 is 5.73 Å². The summed E-state index contributed by atoms with van der Waals surface area (Å²) in [4.78, 5) is 11.2. The van der Waals surface area contributed by atoms with Gasteiger partial charge >= 0.3 is 5.97 Å². The molecule has 3 nitrogen and oxygen atoms in total. The van der Waals surface area contributed by atoms with Gasteiger partial charge in [0, 0.05) is 5.54 Å². The molecule has 1 unspecified atom stereocenters. The van der Waals surface area contributed by atoms with Crippen LogP contribution in [0.5, 0.6) is 0 Å². The van der Waals surface area contributed by atoms with Crippen molar-refractivity contribution in [1.82, 2.24) is 0 Å². The van der Waals surface area contributed by atoms with Crippen LogP contribution in [0.1, 0.15) is 52.9 Å². The van der Waals surface area contributed by atoms with Crippen LogP contribution in [0.4, 0.5) is 0 Å². The minimum Gasteiger partial charge on any atom is -0.466 e. The number of unbranched alkanes of at least 4 members (excludes halogenated alkanes) is 2. The van der Waals surface area contributed by atoms with E-state index in [1.807, 2.05) is 13.8 Å². The SMILES string of the molecule is CCCCCC(C)(N)CC(=O)OCC. The number of hydrogen-bond donors (Lipinski definition) is 1. The number of esters is 1. The van der Waals surface area contributed by atoms with E-state index in [1.165, 1.54) is 12.8 Å². The zero-order valence-corrected chi connectivity index (χ0v) is 9.64. The molecule has 0 aliphatic rings. The summed E-state index contributed by atoms with van der Waals surface area (Å²) < 4.78 is 4.87. The maximum absolute atomic E-state index is 11.2. The van der Waals surface area contributed by atoms with Gasteiger partial charge in [0.15, 0.2) is 0 Å². The van der Waals surface area contributed by atoms with Gasteiger partial charge in [-0.15, -0.1) is 0 Å². The fraction of sp³-hybridized carbons (Fsp3) is 0.909. The molecule has 0 saturated carbocycles. The molecule has 2 N–H and O–H groups in total.